The van der Waals surface area contributed by atoms with Crippen LogP contribution in [0.25, 0.3) is 0 Å². The maximum atomic E-state index is 12.0. The third kappa shape index (κ3) is 23.6. The third-order valence-electron chi connectivity index (χ3n) is 8.53. The molecule has 0 saturated heterocycles. The zero-order valence-electron chi connectivity index (χ0n) is 33.6. The molecule has 0 rings (SSSR count). The van der Waals surface area contributed by atoms with Gasteiger partial charge in [-0.05, 0) is 67.6 Å². The molecule has 0 spiro atoms. The van der Waals surface area contributed by atoms with Crippen molar-refractivity contribution in [1.82, 2.24) is 0 Å². The molecule has 0 aromatic heterocycles. The van der Waals surface area contributed by atoms with Crippen LogP contribution < -0.4 is 0 Å². The van der Waals surface area contributed by atoms with Gasteiger partial charge in [0, 0.05) is 0 Å². The van der Waals surface area contributed by atoms with E-state index in [1.165, 1.54) is 0 Å². The van der Waals surface area contributed by atoms with Gasteiger partial charge in [0.1, 0.15) is 18.3 Å². The molecule has 48 heavy (non-hydrogen) atoms. The van der Waals surface area contributed by atoms with Crippen molar-refractivity contribution in [2.75, 3.05) is 19.8 Å². The molecule has 0 heterocycles. The summed E-state index contributed by atoms with van der Waals surface area (Å²) in [6.45, 7) is 30.2. The Kier molecular flexibility index (Phi) is 30.7. The Morgan fingerprint density at radius 2 is 0.792 bits per heavy atom. The molecule has 0 radical (unpaired) electrons. The van der Waals surface area contributed by atoms with E-state index in [1.54, 1.807) is 0 Å². The summed E-state index contributed by atoms with van der Waals surface area (Å²) in [7, 11) is 0. The first-order valence-corrected chi connectivity index (χ1v) is 18.7. The minimum Gasteiger partial charge on any atom is -0.460 e. The van der Waals surface area contributed by atoms with E-state index >= 15 is 0 Å². The molecule has 0 fully saturated rings. The maximum Gasteiger partial charge on any atom is 0.309 e. The quantitative estimate of drug-likeness (QED) is 0.0811. The Balaban J connectivity index is -0.000000634. The van der Waals surface area contributed by atoms with E-state index in [-0.39, 0.29) is 97.5 Å². The Morgan fingerprint density at radius 1 is 0.458 bits per heavy atom. The van der Waals surface area contributed by atoms with Crippen molar-refractivity contribution < 1.29 is 43.9 Å². The molecule has 0 amide bonds. The van der Waals surface area contributed by atoms with Crippen molar-refractivity contribution in [3.63, 3.8) is 0 Å². The van der Waals surface area contributed by atoms with E-state index in [0.717, 1.165) is 19.3 Å². The van der Waals surface area contributed by atoms with Crippen molar-refractivity contribution in [3.8, 4) is 0 Å². The normalized spacial score (nSPS) is 14.7. The summed E-state index contributed by atoms with van der Waals surface area (Å²) < 4.78 is 15.8. The highest BCUT2D eigenvalue weighted by Crippen LogP contribution is 2.24. The van der Waals surface area contributed by atoms with E-state index < -0.39 is 0 Å². The lowest BCUT2D eigenvalue weighted by Crippen LogP contribution is -2.32. The lowest BCUT2D eigenvalue weighted by Gasteiger charge is -2.25. The van der Waals surface area contributed by atoms with Crippen LogP contribution in [0.3, 0.4) is 0 Å². The van der Waals surface area contributed by atoms with Crippen molar-refractivity contribution in [1.29, 1.82) is 0 Å². The van der Waals surface area contributed by atoms with Gasteiger partial charge in [-0.25, -0.2) is 0 Å². The molecule has 0 saturated carbocycles. The van der Waals surface area contributed by atoms with Crippen LogP contribution in [0.5, 0.6) is 0 Å². The van der Waals surface area contributed by atoms with Gasteiger partial charge < -0.3 is 29.5 Å². The van der Waals surface area contributed by atoms with Crippen LogP contribution in [0.1, 0.15) is 142 Å². The molecule has 0 aliphatic rings. The summed E-state index contributed by atoms with van der Waals surface area (Å²) in [5.41, 5.74) is 0. The summed E-state index contributed by atoms with van der Waals surface area (Å²) in [6.07, 6.45) is 3.69. The first-order valence-electron chi connectivity index (χ1n) is 18.7. The summed E-state index contributed by atoms with van der Waals surface area (Å²) in [6, 6.07) is 0. The van der Waals surface area contributed by atoms with Crippen LogP contribution in [0.2, 0.25) is 0 Å². The Bertz CT molecular complexity index is 787. The van der Waals surface area contributed by atoms with E-state index in [0.29, 0.717) is 31.1 Å². The van der Waals surface area contributed by atoms with Crippen LogP contribution in [0.15, 0.2) is 0 Å². The molecule has 5 atom stereocenters. The summed E-state index contributed by atoms with van der Waals surface area (Å²) in [5, 5.41) is 27.0. The zero-order valence-corrected chi connectivity index (χ0v) is 33.6. The molecular formula is C39H78O9. The van der Waals surface area contributed by atoms with Crippen LogP contribution in [-0.4, -0.2) is 71.4 Å². The maximum absolute atomic E-state index is 12.0. The standard InChI is InChI=1S/C14H28O3.C13H26O3.C12H24O3/c1-6-12(9-15)17-14(16)13(11(4)5)8-7-10(2)3;1-6-11(8-14)16-13(15)12(10(4)5)7-9(2)3;1-6-10(7-13)15-12(14)11(8(2)3)9(4)5/h10-13,15H,6-9H2,1-5H3;9-12,14H,6-8H2,1-5H3;8-11,13H,6-7H2,1-5H3. The summed E-state index contributed by atoms with van der Waals surface area (Å²) in [5.74, 6) is 1.53. The second-order valence-electron chi connectivity index (χ2n) is 15.3. The van der Waals surface area contributed by atoms with Crippen LogP contribution in [0.4, 0.5) is 0 Å². The average Bonchev–Trinajstić information content (AvgIpc) is 2.99. The highest BCUT2D eigenvalue weighted by atomic mass is 16.6. The summed E-state index contributed by atoms with van der Waals surface area (Å²) >= 11 is 0. The smallest absolute Gasteiger partial charge is 0.309 e. The van der Waals surface area contributed by atoms with E-state index in [1.807, 2.05) is 76.2 Å². The number of hydrogen-bond donors (Lipinski definition) is 3. The van der Waals surface area contributed by atoms with Gasteiger partial charge in [-0.15, -0.1) is 0 Å². The van der Waals surface area contributed by atoms with Crippen LogP contribution >= 0.6 is 0 Å². The Morgan fingerprint density at radius 3 is 1.04 bits per heavy atom. The van der Waals surface area contributed by atoms with Crippen LogP contribution in [-0.2, 0) is 28.6 Å². The molecule has 5 unspecified atom stereocenters. The lowest BCUT2D eigenvalue weighted by atomic mass is 9.86. The molecule has 3 N–H and O–H groups in total. The van der Waals surface area contributed by atoms with Gasteiger partial charge in [0.25, 0.3) is 0 Å². The van der Waals surface area contributed by atoms with Gasteiger partial charge in [0.05, 0.1) is 37.6 Å². The number of aliphatic hydroxyl groups is 3. The zero-order chi connectivity index (χ0) is 38.1. The van der Waals surface area contributed by atoms with Gasteiger partial charge in [-0.3, -0.25) is 14.4 Å². The molecule has 0 aromatic rings. The van der Waals surface area contributed by atoms with Gasteiger partial charge in [-0.2, -0.15) is 0 Å². The second kappa shape index (κ2) is 29.1. The highest BCUT2D eigenvalue weighted by Gasteiger charge is 2.29. The van der Waals surface area contributed by atoms with Gasteiger partial charge >= 0.3 is 17.9 Å². The van der Waals surface area contributed by atoms with Crippen LogP contribution in [0, 0.1) is 53.3 Å². The van der Waals surface area contributed by atoms with Gasteiger partial charge in [0.15, 0.2) is 0 Å². The fraction of sp³-hybridized carbons (Fsp3) is 0.923. The third-order valence-corrected chi connectivity index (χ3v) is 8.53. The van der Waals surface area contributed by atoms with Crippen molar-refractivity contribution in [2.24, 2.45) is 53.3 Å². The second-order valence-corrected chi connectivity index (χ2v) is 15.3. The Labute approximate surface area is 295 Å². The van der Waals surface area contributed by atoms with E-state index in [4.69, 9.17) is 29.5 Å². The fourth-order valence-corrected chi connectivity index (χ4v) is 5.19. The first-order chi connectivity index (χ1) is 22.3. The number of rotatable bonds is 21. The number of carbonyl (C=O) groups excluding carboxylic acids is 3. The number of ether oxygens (including phenoxy) is 3. The minimum atomic E-state index is -0.350. The number of aliphatic hydroxyl groups excluding tert-OH is 3. The molecule has 9 nitrogen and oxygen atoms in total. The lowest BCUT2D eigenvalue weighted by molar-refractivity contribution is -0.160. The monoisotopic (exact) mass is 691 g/mol. The molecule has 0 aliphatic carbocycles. The molecule has 0 aromatic carbocycles. The fourth-order valence-electron chi connectivity index (χ4n) is 5.19. The predicted molar refractivity (Wildman–Crippen MR) is 195 cm³/mol. The predicted octanol–water partition coefficient (Wildman–Crippen LogP) is 7.86. The highest BCUT2D eigenvalue weighted by molar-refractivity contribution is 5.73. The molecule has 9 heteroatoms. The molecular weight excluding hydrogens is 612 g/mol. The van der Waals surface area contributed by atoms with Gasteiger partial charge in [-0.1, -0.05) is 110 Å². The minimum absolute atomic E-state index is 0.0435. The van der Waals surface area contributed by atoms with E-state index in [2.05, 4.69) is 27.7 Å². The number of hydrogen-bond acceptors (Lipinski definition) is 9. The molecule has 0 bridgehead atoms. The Hall–Kier alpha value is -1.71. The number of carbonyl (C=O) groups is 3. The molecule has 288 valence electrons. The van der Waals surface area contributed by atoms with Crippen molar-refractivity contribution >= 4 is 17.9 Å². The summed E-state index contributed by atoms with van der Waals surface area (Å²) in [4.78, 5) is 35.7. The molecule has 0 aliphatic heterocycles. The van der Waals surface area contributed by atoms with Gasteiger partial charge in [0.2, 0.25) is 0 Å². The van der Waals surface area contributed by atoms with Crippen molar-refractivity contribution in [3.05, 3.63) is 0 Å². The first kappa shape index (κ1) is 50.7. The topological polar surface area (TPSA) is 140 Å². The largest absolute Gasteiger partial charge is 0.460 e. The van der Waals surface area contributed by atoms with Crippen molar-refractivity contribution in [2.45, 2.75) is 161 Å². The SMILES string of the molecule is CCC(CO)OC(=O)C(C(C)C)C(C)C.CCC(CO)OC(=O)C(CC(C)C)C(C)C.CCC(CO)OC(=O)C(CCC(C)C)C(C)C. The van der Waals surface area contributed by atoms with E-state index in [9.17, 15) is 14.4 Å². The average molecular weight is 691 g/mol. The number of esters is 3.